The Kier molecular flexibility index (Phi) is 4.99. The highest BCUT2D eigenvalue weighted by Gasteiger charge is 2.26. The van der Waals surface area contributed by atoms with Gasteiger partial charge in [0.15, 0.2) is 0 Å². The van der Waals surface area contributed by atoms with E-state index < -0.39 is 7.37 Å². The van der Waals surface area contributed by atoms with Gasteiger partial charge in [-0.3, -0.25) is 4.57 Å². The molecule has 122 valence electrons. The van der Waals surface area contributed by atoms with E-state index in [9.17, 15) is 4.57 Å². The van der Waals surface area contributed by atoms with Gasteiger partial charge in [0.2, 0.25) is 7.37 Å². The second-order valence-electron chi connectivity index (χ2n) is 5.65. The quantitative estimate of drug-likeness (QED) is 0.546. The van der Waals surface area contributed by atoms with Gasteiger partial charge in [-0.2, -0.15) is 0 Å². The van der Waals surface area contributed by atoms with Gasteiger partial charge >= 0.3 is 0 Å². The van der Waals surface area contributed by atoms with Gasteiger partial charge in [-0.25, -0.2) is 0 Å². The summed E-state index contributed by atoms with van der Waals surface area (Å²) in [6, 6.07) is 21.7. The van der Waals surface area contributed by atoms with Crippen molar-refractivity contribution in [2.75, 3.05) is 6.61 Å². The maximum Gasteiger partial charge on any atom is 0.236 e. The van der Waals surface area contributed by atoms with E-state index in [2.05, 4.69) is 18.7 Å². The molecule has 0 heterocycles. The van der Waals surface area contributed by atoms with Crippen LogP contribution in [0.2, 0.25) is 0 Å². The van der Waals surface area contributed by atoms with Gasteiger partial charge < -0.3 is 4.52 Å². The van der Waals surface area contributed by atoms with Crippen molar-refractivity contribution in [3.05, 3.63) is 84.4 Å². The minimum atomic E-state index is -2.95. The zero-order chi connectivity index (χ0) is 17.0. The van der Waals surface area contributed by atoms with Crippen molar-refractivity contribution in [3.8, 4) is 0 Å². The topological polar surface area (TPSA) is 26.3 Å². The fraction of sp³-hybridized carbons (Fsp3) is 0.143. The van der Waals surface area contributed by atoms with Crippen LogP contribution in [-0.4, -0.2) is 6.61 Å². The Morgan fingerprint density at radius 3 is 2.29 bits per heavy atom. The maximum absolute atomic E-state index is 13.5. The van der Waals surface area contributed by atoms with E-state index in [0.717, 1.165) is 27.2 Å². The zero-order valence-electron chi connectivity index (χ0n) is 13.8. The second-order valence-corrected chi connectivity index (χ2v) is 8.09. The van der Waals surface area contributed by atoms with Crippen LogP contribution < -0.4 is 5.30 Å². The molecule has 0 aliphatic carbocycles. The van der Waals surface area contributed by atoms with Crippen LogP contribution in [0, 0.1) is 0 Å². The van der Waals surface area contributed by atoms with Crippen molar-refractivity contribution in [2.45, 2.75) is 13.1 Å². The highest BCUT2D eigenvalue weighted by atomic mass is 31.2. The van der Waals surface area contributed by atoms with Crippen molar-refractivity contribution in [3.63, 3.8) is 0 Å². The van der Waals surface area contributed by atoms with Crippen molar-refractivity contribution >= 4 is 29.5 Å². The molecule has 2 nitrogen and oxygen atoms in total. The summed E-state index contributed by atoms with van der Waals surface area (Å²) in [5.74, 6) is 0. The van der Waals surface area contributed by atoms with Crippen LogP contribution in [0.5, 0.6) is 0 Å². The van der Waals surface area contributed by atoms with E-state index in [1.807, 2.05) is 67.6 Å². The lowest BCUT2D eigenvalue weighted by molar-refractivity contribution is 0.340. The Morgan fingerprint density at radius 2 is 1.62 bits per heavy atom. The van der Waals surface area contributed by atoms with Gasteiger partial charge in [0.05, 0.1) is 12.8 Å². The molecular formula is C21H21O2P. The van der Waals surface area contributed by atoms with Crippen LogP contribution in [0.25, 0.3) is 16.8 Å². The first-order chi connectivity index (χ1) is 11.7. The molecule has 3 rings (SSSR count). The first kappa shape index (κ1) is 16.7. The normalized spacial score (nSPS) is 13.5. The minimum Gasteiger partial charge on any atom is -0.325 e. The monoisotopic (exact) mass is 336 g/mol. The van der Waals surface area contributed by atoms with Gasteiger partial charge in [-0.1, -0.05) is 67.3 Å². The van der Waals surface area contributed by atoms with Crippen LogP contribution in [0.3, 0.4) is 0 Å². The van der Waals surface area contributed by atoms with Crippen molar-refractivity contribution in [2.24, 2.45) is 0 Å². The number of fused-ring (bicyclic) bond motifs is 1. The van der Waals surface area contributed by atoms with Gasteiger partial charge in [-0.05, 0) is 41.0 Å². The molecule has 0 aliphatic heterocycles. The predicted octanol–water partition coefficient (Wildman–Crippen LogP) is 5.62. The molecule has 3 aromatic carbocycles. The van der Waals surface area contributed by atoms with Gasteiger partial charge in [0, 0.05) is 5.30 Å². The summed E-state index contributed by atoms with van der Waals surface area (Å²) in [6.45, 7) is 6.19. The lowest BCUT2D eigenvalue weighted by atomic mass is 10.0. The highest BCUT2D eigenvalue weighted by molar-refractivity contribution is 7.66. The maximum atomic E-state index is 13.5. The highest BCUT2D eigenvalue weighted by Crippen LogP contribution is 2.50. The van der Waals surface area contributed by atoms with E-state index in [0.29, 0.717) is 12.8 Å². The van der Waals surface area contributed by atoms with Gasteiger partial charge in [-0.15, -0.1) is 0 Å². The SMILES string of the molecule is C=Cc1ccc(CP(=O)(OCC)c2ccccc2)c2ccccc12. The number of hydrogen-bond donors (Lipinski definition) is 0. The fourth-order valence-corrected chi connectivity index (χ4v) is 5.19. The summed E-state index contributed by atoms with van der Waals surface area (Å²) in [4.78, 5) is 0. The van der Waals surface area contributed by atoms with Crippen LogP contribution >= 0.6 is 7.37 Å². The number of hydrogen-bond acceptors (Lipinski definition) is 2. The summed E-state index contributed by atoms with van der Waals surface area (Å²) in [7, 11) is -2.95. The molecule has 0 saturated heterocycles. The average Bonchev–Trinajstić information content (AvgIpc) is 2.63. The van der Waals surface area contributed by atoms with E-state index in [4.69, 9.17) is 4.52 Å². The third-order valence-corrected chi connectivity index (χ3v) is 6.65. The third-order valence-electron chi connectivity index (χ3n) is 4.13. The summed E-state index contributed by atoms with van der Waals surface area (Å²) < 4.78 is 19.3. The fourth-order valence-electron chi connectivity index (χ4n) is 3.00. The molecule has 0 fully saturated rings. The molecule has 3 aromatic rings. The summed E-state index contributed by atoms with van der Waals surface area (Å²) in [6.07, 6.45) is 2.24. The Morgan fingerprint density at radius 1 is 0.958 bits per heavy atom. The Labute approximate surface area is 143 Å². The predicted molar refractivity (Wildman–Crippen MR) is 103 cm³/mol. The van der Waals surface area contributed by atoms with Crippen LogP contribution in [0.15, 0.2) is 73.3 Å². The van der Waals surface area contributed by atoms with Crippen LogP contribution in [0.4, 0.5) is 0 Å². The smallest absolute Gasteiger partial charge is 0.236 e. The molecule has 0 amide bonds. The summed E-state index contributed by atoms with van der Waals surface area (Å²) >= 11 is 0. The number of rotatable bonds is 6. The van der Waals surface area contributed by atoms with Crippen molar-refractivity contribution in [1.82, 2.24) is 0 Å². The van der Waals surface area contributed by atoms with Gasteiger partial charge in [0.25, 0.3) is 0 Å². The molecule has 0 bridgehead atoms. The third kappa shape index (κ3) is 3.21. The lowest BCUT2D eigenvalue weighted by Crippen LogP contribution is -2.09. The van der Waals surface area contributed by atoms with E-state index >= 15 is 0 Å². The lowest BCUT2D eigenvalue weighted by Gasteiger charge is -2.19. The molecule has 0 aliphatic rings. The van der Waals surface area contributed by atoms with Gasteiger partial charge in [0.1, 0.15) is 0 Å². The zero-order valence-corrected chi connectivity index (χ0v) is 14.7. The molecule has 0 aromatic heterocycles. The van der Waals surface area contributed by atoms with Crippen LogP contribution in [0.1, 0.15) is 18.1 Å². The Bertz CT molecular complexity index is 900. The Hall–Kier alpha value is -2.15. The molecule has 3 heteroatoms. The summed E-state index contributed by atoms with van der Waals surface area (Å²) in [5, 5.41) is 3.00. The second kappa shape index (κ2) is 7.17. The van der Waals surface area contributed by atoms with Crippen molar-refractivity contribution < 1.29 is 9.09 Å². The molecular weight excluding hydrogens is 315 g/mol. The molecule has 24 heavy (non-hydrogen) atoms. The van der Waals surface area contributed by atoms with Crippen LogP contribution in [-0.2, 0) is 15.3 Å². The molecule has 1 atom stereocenters. The van der Waals surface area contributed by atoms with Crippen molar-refractivity contribution in [1.29, 1.82) is 0 Å². The first-order valence-electron chi connectivity index (χ1n) is 8.10. The standard InChI is InChI=1S/C21H21O2P/c1-3-17-14-15-18(21-13-9-8-12-20(17)21)16-24(22,23-4-2)19-10-6-5-7-11-19/h3,5-15H,1,4,16H2,2H3. The first-order valence-corrected chi connectivity index (χ1v) is 9.91. The molecule has 0 radical (unpaired) electrons. The average molecular weight is 336 g/mol. The molecule has 1 unspecified atom stereocenters. The van der Waals surface area contributed by atoms with E-state index in [1.54, 1.807) is 0 Å². The largest absolute Gasteiger partial charge is 0.325 e. The molecule has 0 N–H and O–H groups in total. The molecule has 0 spiro atoms. The minimum absolute atomic E-state index is 0.392. The Balaban J connectivity index is 2.10. The molecule has 0 saturated carbocycles. The van der Waals surface area contributed by atoms with E-state index in [1.165, 1.54) is 0 Å². The summed E-state index contributed by atoms with van der Waals surface area (Å²) in [5.41, 5.74) is 2.12. The number of benzene rings is 3. The van der Waals surface area contributed by atoms with E-state index in [-0.39, 0.29) is 0 Å².